The lowest BCUT2D eigenvalue weighted by atomic mass is 9.84. The number of hydrogen-bond donors (Lipinski definition) is 0. The molecule has 1 saturated carbocycles. The molecular weight excluding hydrogens is 470 g/mol. The standard InChI is InChI=1S/C29H27N3OS2/c1-31-24-14-8-9-15-25(24)34-28(31)26-27(33)32(23-12-6-3-7-13-23)29(35-26)30-22-18-16-21(17-19-22)20-10-4-2-5-11-20/h3,6-9,12-20H,2,4-5,10-11H2,1H3/b28-26-,30-29+. The van der Waals surface area contributed by atoms with Gasteiger partial charge in [0.1, 0.15) is 4.91 Å². The van der Waals surface area contributed by atoms with E-state index in [1.807, 2.05) is 49.5 Å². The number of para-hydroxylation sites is 2. The molecule has 0 N–H and O–H groups in total. The van der Waals surface area contributed by atoms with Gasteiger partial charge in [-0.1, -0.05) is 73.5 Å². The van der Waals surface area contributed by atoms with Crippen molar-refractivity contribution < 1.29 is 4.79 Å². The molecule has 0 unspecified atom stereocenters. The average Bonchev–Trinajstić information content (AvgIpc) is 3.41. The number of amidine groups is 1. The van der Waals surface area contributed by atoms with Crippen LogP contribution in [-0.4, -0.2) is 18.1 Å². The van der Waals surface area contributed by atoms with Crippen LogP contribution in [0.2, 0.25) is 0 Å². The van der Waals surface area contributed by atoms with Crippen LogP contribution in [0.5, 0.6) is 0 Å². The third-order valence-electron chi connectivity index (χ3n) is 6.92. The predicted molar refractivity (Wildman–Crippen MR) is 149 cm³/mol. The first-order valence-corrected chi connectivity index (χ1v) is 13.8. The van der Waals surface area contributed by atoms with Crippen LogP contribution in [-0.2, 0) is 4.79 Å². The molecule has 0 aromatic heterocycles. The summed E-state index contributed by atoms with van der Waals surface area (Å²) in [4.78, 5) is 24.5. The van der Waals surface area contributed by atoms with Crippen LogP contribution in [0.3, 0.4) is 0 Å². The van der Waals surface area contributed by atoms with Crippen molar-refractivity contribution in [3.63, 3.8) is 0 Å². The maximum Gasteiger partial charge on any atom is 0.274 e. The molecular formula is C29H27N3OS2. The van der Waals surface area contributed by atoms with E-state index in [1.54, 1.807) is 16.7 Å². The topological polar surface area (TPSA) is 35.9 Å². The van der Waals surface area contributed by atoms with Crippen LogP contribution >= 0.6 is 23.5 Å². The van der Waals surface area contributed by atoms with Gasteiger partial charge in [0.25, 0.3) is 5.91 Å². The van der Waals surface area contributed by atoms with E-state index in [9.17, 15) is 4.79 Å². The van der Waals surface area contributed by atoms with Gasteiger partial charge in [-0.25, -0.2) is 4.99 Å². The smallest absolute Gasteiger partial charge is 0.274 e. The second-order valence-corrected chi connectivity index (χ2v) is 11.2. The average molecular weight is 498 g/mol. The van der Waals surface area contributed by atoms with Gasteiger partial charge < -0.3 is 4.90 Å². The lowest BCUT2D eigenvalue weighted by molar-refractivity contribution is -0.113. The second kappa shape index (κ2) is 9.59. The fourth-order valence-corrected chi connectivity index (χ4v) is 7.40. The monoisotopic (exact) mass is 497 g/mol. The molecule has 1 amide bonds. The highest BCUT2D eigenvalue weighted by Crippen LogP contribution is 2.50. The molecule has 176 valence electrons. The van der Waals surface area contributed by atoms with Crippen LogP contribution in [0.15, 0.2) is 98.7 Å². The minimum Gasteiger partial charge on any atom is -0.337 e. The molecule has 2 heterocycles. The second-order valence-electron chi connectivity index (χ2n) is 9.16. The Balaban J connectivity index is 1.36. The fourth-order valence-electron chi connectivity index (χ4n) is 5.05. The van der Waals surface area contributed by atoms with E-state index in [0.29, 0.717) is 11.1 Å². The number of carbonyl (C=O) groups is 1. The molecule has 1 saturated heterocycles. The Labute approximate surface area is 215 Å². The zero-order chi connectivity index (χ0) is 23.8. The molecule has 3 aromatic carbocycles. The Morgan fingerprint density at radius 1 is 0.829 bits per heavy atom. The summed E-state index contributed by atoms with van der Waals surface area (Å²) >= 11 is 3.11. The van der Waals surface area contributed by atoms with Crippen molar-refractivity contribution >= 4 is 51.7 Å². The van der Waals surface area contributed by atoms with Crippen molar-refractivity contribution in [3.8, 4) is 0 Å². The molecule has 0 radical (unpaired) electrons. The zero-order valence-electron chi connectivity index (χ0n) is 19.7. The van der Waals surface area contributed by atoms with E-state index >= 15 is 0 Å². The molecule has 6 rings (SSSR count). The molecule has 4 nitrogen and oxygen atoms in total. The van der Waals surface area contributed by atoms with Crippen molar-refractivity contribution in [1.29, 1.82) is 0 Å². The summed E-state index contributed by atoms with van der Waals surface area (Å²) in [6, 6.07) is 26.7. The van der Waals surface area contributed by atoms with E-state index < -0.39 is 0 Å². The highest BCUT2D eigenvalue weighted by Gasteiger charge is 2.40. The van der Waals surface area contributed by atoms with Crippen molar-refractivity contribution in [1.82, 2.24) is 0 Å². The van der Waals surface area contributed by atoms with Crippen molar-refractivity contribution in [3.05, 3.63) is 94.4 Å². The molecule has 35 heavy (non-hydrogen) atoms. The normalized spacial score (nSPS) is 21.7. The summed E-state index contributed by atoms with van der Waals surface area (Å²) in [5.41, 5.74) is 4.25. The summed E-state index contributed by atoms with van der Waals surface area (Å²) in [6.45, 7) is 0. The molecule has 3 aliphatic rings. The van der Waals surface area contributed by atoms with Crippen molar-refractivity contribution in [2.24, 2.45) is 4.99 Å². The van der Waals surface area contributed by atoms with E-state index in [2.05, 4.69) is 41.3 Å². The third-order valence-corrected chi connectivity index (χ3v) is 9.32. The molecule has 0 spiro atoms. The molecule has 6 heteroatoms. The molecule has 2 fully saturated rings. The highest BCUT2D eigenvalue weighted by molar-refractivity contribution is 8.20. The minimum atomic E-state index is -0.0269. The number of nitrogens with zero attached hydrogens (tertiary/aromatic N) is 3. The summed E-state index contributed by atoms with van der Waals surface area (Å²) in [5.74, 6) is 0.641. The van der Waals surface area contributed by atoms with E-state index in [4.69, 9.17) is 4.99 Å². The SMILES string of the molecule is CN1/C(=C2/S/C(=N/c3ccc(C4CCCCC4)cc3)N(c3ccccc3)C2=O)Sc2ccccc21. The Bertz CT molecular complexity index is 1310. The van der Waals surface area contributed by atoms with E-state index in [-0.39, 0.29) is 5.91 Å². The summed E-state index contributed by atoms with van der Waals surface area (Å²) in [6.07, 6.45) is 6.58. The minimum absolute atomic E-state index is 0.0269. The summed E-state index contributed by atoms with van der Waals surface area (Å²) < 4.78 is 0. The van der Waals surface area contributed by atoms with Crippen molar-refractivity contribution in [2.75, 3.05) is 16.8 Å². The molecule has 3 aromatic rings. The number of aliphatic imine (C=N–C) groups is 1. The van der Waals surface area contributed by atoms with Gasteiger partial charge in [0.05, 0.1) is 22.1 Å². The fraction of sp³-hybridized carbons (Fsp3) is 0.241. The van der Waals surface area contributed by atoms with Crippen molar-refractivity contribution in [2.45, 2.75) is 42.9 Å². The first-order valence-electron chi connectivity index (χ1n) is 12.2. The number of fused-ring (bicyclic) bond motifs is 1. The predicted octanol–water partition coefficient (Wildman–Crippen LogP) is 7.91. The van der Waals surface area contributed by atoms with Crippen LogP contribution in [0.4, 0.5) is 17.1 Å². The van der Waals surface area contributed by atoms with Crippen LogP contribution < -0.4 is 9.80 Å². The number of carbonyl (C=O) groups excluding carboxylic acids is 1. The third kappa shape index (κ3) is 4.30. The Kier molecular flexibility index (Phi) is 6.17. The lowest BCUT2D eigenvalue weighted by Gasteiger charge is -2.22. The van der Waals surface area contributed by atoms with Gasteiger partial charge in [-0.05, 0) is 72.5 Å². The van der Waals surface area contributed by atoms with Gasteiger partial charge >= 0.3 is 0 Å². The Morgan fingerprint density at radius 3 is 2.29 bits per heavy atom. The maximum absolute atomic E-state index is 13.8. The van der Waals surface area contributed by atoms with Crippen LogP contribution in [0.1, 0.15) is 43.6 Å². The summed E-state index contributed by atoms with van der Waals surface area (Å²) in [7, 11) is 2.03. The van der Waals surface area contributed by atoms with Gasteiger partial charge in [0, 0.05) is 11.9 Å². The van der Waals surface area contributed by atoms with E-state index in [0.717, 1.165) is 27.0 Å². The molecule has 1 aliphatic carbocycles. The largest absolute Gasteiger partial charge is 0.337 e. The number of hydrogen-bond acceptors (Lipinski definition) is 5. The maximum atomic E-state index is 13.8. The van der Waals surface area contributed by atoms with Gasteiger partial charge in [0.15, 0.2) is 5.17 Å². The number of rotatable bonds is 3. The number of anilines is 2. The number of amides is 1. The molecule has 0 atom stereocenters. The Morgan fingerprint density at radius 2 is 1.54 bits per heavy atom. The van der Waals surface area contributed by atoms with E-state index in [1.165, 1.54) is 54.3 Å². The molecule has 0 bridgehead atoms. The first kappa shape index (κ1) is 22.5. The molecule has 2 aliphatic heterocycles. The summed E-state index contributed by atoms with van der Waals surface area (Å²) in [5, 5.41) is 1.65. The van der Waals surface area contributed by atoms with Crippen LogP contribution in [0.25, 0.3) is 0 Å². The van der Waals surface area contributed by atoms with Gasteiger partial charge in [-0.15, -0.1) is 0 Å². The van der Waals surface area contributed by atoms with Gasteiger partial charge in [-0.2, -0.15) is 0 Å². The zero-order valence-corrected chi connectivity index (χ0v) is 21.3. The quantitative estimate of drug-likeness (QED) is 0.344. The number of thioether (sulfide) groups is 2. The Hall–Kier alpha value is -2.96. The lowest BCUT2D eigenvalue weighted by Crippen LogP contribution is -2.29. The van der Waals surface area contributed by atoms with Gasteiger partial charge in [0.2, 0.25) is 0 Å². The van der Waals surface area contributed by atoms with Gasteiger partial charge in [-0.3, -0.25) is 9.69 Å². The van der Waals surface area contributed by atoms with Crippen LogP contribution in [0, 0.1) is 0 Å². The first-order chi connectivity index (χ1) is 17.2. The highest BCUT2D eigenvalue weighted by atomic mass is 32.2. The number of benzene rings is 3.